The number of hydrogen-bond acceptors (Lipinski definition) is 6. The number of anilines is 1. The van der Waals surface area contributed by atoms with Crippen LogP contribution in [0.25, 0.3) is 0 Å². The maximum atomic E-state index is 11.9. The van der Waals surface area contributed by atoms with Crippen molar-refractivity contribution in [3.05, 3.63) is 48.0 Å². The van der Waals surface area contributed by atoms with Crippen LogP contribution in [0.3, 0.4) is 0 Å². The lowest BCUT2D eigenvalue weighted by molar-refractivity contribution is -0.124. The molecule has 0 bridgehead atoms. The summed E-state index contributed by atoms with van der Waals surface area (Å²) in [5.41, 5.74) is 3.56. The van der Waals surface area contributed by atoms with E-state index in [-0.39, 0.29) is 24.5 Å². The van der Waals surface area contributed by atoms with Crippen molar-refractivity contribution < 1.29 is 24.2 Å². The molecule has 3 N–H and O–H groups in total. The smallest absolute Gasteiger partial charge is 0.240 e. The van der Waals surface area contributed by atoms with Crippen LogP contribution in [0.4, 0.5) is 5.69 Å². The Balaban J connectivity index is 1.74. The quantitative estimate of drug-likeness (QED) is 0.454. The van der Waals surface area contributed by atoms with Gasteiger partial charge in [0, 0.05) is 18.5 Å². The predicted molar refractivity (Wildman–Crippen MR) is 106 cm³/mol. The average Bonchev–Trinajstić information content (AvgIpc) is 2.68. The van der Waals surface area contributed by atoms with Crippen molar-refractivity contribution in [2.24, 2.45) is 5.10 Å². The first-order chi connectivity index (χ1) is 13.5. The van der Waals surface area contributed by atoms with E-state index in [2.05, 4.69) is 15.8 Å². The largest absolute Gasteiger partial charge is 0.504 e. The number of hydrazone groups is 1. The fraction of sp³-hybridized carbons (Fsp3) is 0.250. The molecule has 0 spiro atoms. The van der Waals surface area contributed by atoms with Crippen molar-refractivity contribution in [2.45, 2.75) is 19.8 Å². The maximum Gasteiger partial charge on any atom is 0.240 e. The molecule has 148 valence electrons. The SMILES string of the molecule is CCOc1ccc(NC(=O)CCC(=O)N/N=C/c2ccc(OC)c(O)c2)cc1. The number of amides is 2. The van der Waals surface area contributed by atoms with Crippen molar-refractivity contribution in [3.8, 4) is 17.2 Å². The minimum absolute atomic E-state index is 0.00589. The number of aromatic hydroxyl groups is 1. The zero-order valence-electron chi connectivity index (χ0n) is 15.8. The van der Waals surface area contributed by atoms with Gasteiger partial charge in [0.05, 0.1) is 19.9 Å². The third-order valence-corrected chi connectivity index (χ3v) is 3.63. The highest BCUT2D eigenvalue weighted by molar-refractivity contribution is 5.93. The van der Waals surface area contributed by atoms with Crippen LogP contribution < -0.4 is 20.2 Å². The van der Waals surface area contributed by atoms with Gasteiger partial charge in [-0.3, -0.25) is 9.59 Å². The fourth-order valence-electron chi connectivity index (χ4n) is 2.27. The molecule has 0 saturated carbocycles. The third-order valence-electron chi connectivity index (χ3n) is 3.63. The highest BCUT2D eigenvalue weighted by atomic mass is 16.5. The molecule has 0 fully saturated rings. The van der Waals surface area contributed by atoms with Crippen LogP contribution in [0.5, 0.6) is 17.2 Å². The summed E-state index contributed by atoms with van der Waals surface area (Å²) in [5.74, 6) is 0.380. The second kappa shape index (κ2) is 10.6. The van der Waals surface area contributed by atoms with Crippen molar-refractivity contribution in [1.29, 1.82) is 0 Å². The molecule has 2 amide bonds. The Kier molecular flexibility index (Phi) is 7.83. The topological polar surface area (TPSA) is 109 Å². The lowest BCUT2D eigenvalue weighted by Crippen LogP contribution is -2.20. The van der Waals surface area contributed by atoms with Crippen LogP contribution in [0, 0.1) is 0 Å². The highest BCUT2D eigenvalue weighted by Gasteiger charge is 2.07. The van der Waals surface area contributed by atoms with Gasteiger partial charge in [-0.1, -0.05) is 0 Å². The normalized spacial score (nSPS) is 10.5. The summed E-state index contributed by atoms with van der Waals surface area (Å²) in [7, 11) is 1.45. The van der Waals surface area contributed by atoms with E-state index in [0.717, 1.165) is 5.75 Å². The molecule has 0 aliphatic heterocycles. The van der Waals surface area contributed by atoms with E-state index in [1.54, 1.807) is 36.4 Å². The number of methoxy groups -OCH3 is 1. The first-order valence-corrected chi connectivity index (χ1v) is 8.73. The number of nitrogens with one attached hydrogen (secondary N) is 2. The molecule has 2 aromatic carbocycles. The molecular weight excluding hydrogens is 362 g/mol. The van der Waals surface area contributed by atoms with Crippen molar-refractivity contribution in [2.75, 3.05) is 19.0 Å². The number of rotatable bonds is 9. The molecule has 8 nitrogen and oxygen atoms in total. The lowest BCUT2D eigenvalue weighted by atomic mass is 10.2. The number of carbonyl (C=O) groups excluding carboxylic acids is 2. The first-order valence-electron chi connectivity index (χ1n) is 8.73. The molecular formula is C20H23N3O5. The lowest BCUT2D eigenvalue weighted by Gasteiger charge is -2.07. The van der Waals surface area contributed by atoms with Crippen LogP contribution in [-0.2, 0) is 9.59 Å². The van der Waals surface area contributed by atoms with E-state index >= 15 is 0 Å². The van der Waals surface area contributed by atoms with E-state index in [4.69, 9.17) is 9.47 Å². The zero-order chi connectivity index (χ0) is 20.4. The predicted octanol–water partition coefficient (Wildman–Crippen LogP) is 2.67. The molecule has 0 aromatic heterocycles. The van der Waals surface area contributed by atoms with Gasteiger partial charge in [-0.05, 0) is 55.0 Å². The van der Waals surface area contributed by atoms with Crippen molar-refractivity contribution in [3.63, 3.8) is 0 Å². The summed E-state index contributed by atoms with van der Waals surface area (Å²) in [4.78, 5) is 23.7. The molecule has 0 unspecified atom stereocenters. The van der Waals surface area contributed by atoms with E-state index in [9.17, 15) is 14.7 Å². The van der Waals surface area contributed by atoms with Gasteiger partial charge in [0.1, 0.15) is 5.75 Å². The Morgan fingerprint density at radius 2 is 1.82 bits per heavy atom. The van der Waals surface area contributed by atoms with Crippen LogP contribution >= 0.6 is 0 Å². The number of carbonyl (C=O) groups is 2. The average molecular weight is 385 g/mol. The Labute approximate surface area is 163 Å². The zero-order valence-corrected chi connectivity index (χ0v) is 15.8. The van der Waals surface area contributed by atoms with E-state index in [1.165, 1.54) is 19.4 Å². The van der Waals surface area contributed by atoms with E-state index < -0.39 is 5.91 Å². The molecule has 0 aliphatic rings. The third kappa shape index (κ3) is 6.64. The van der Waals surface area contributed by atoms with Gasteiger partial charge in [0.15, 0.2) is 11.5 Å². The molecule has 8 heteroatoms. The number of phenolic OH excluding ortho intramolecular Hbond substituents is 1. The maximum absolute atomic E-state index is 11.9. The van der Waals surface area contributed by atoms with Crippen LogP contribution in [0.15, 0.2) is 47.6 Å². The van der Waals surface area contributed by atoms with Gasteiger partial charge in [-0.15, -0.1) is 0 Å². The summed E-state index contributed by atoms with van der Waals surface area (Å²) >= 11 is 0. The summed E-state index contributed by atoms with van der Waals surface area (Å²) in [6.45, 7) is 2.47. The summed E-state index contributed by atoms with van der Waals surface area (Å²) in [6.07, 6.45) is 1.41. The highest BCUT2D eigenvalue weighted by Crippen LogP contribution is 2.25. The minimum Gasteiger partial charge on any atom is -0.504 e. The van der Waals surface area contributed by atoms with Gasteiger partial charge in [-0.2, -0.15) is 5.10 Å². The Morgan fingerprint density at radius 3 is 2.46 bits per heavy atom. The van der Waals surface area contributed by atoms with Gasteiger partial charge in [0.25, 0.3) is 0 Å². The van der Waals surface area contributed by atoms with Gasteiger partial charge in [0.2, 0.25) is 11.8 Å². The Morgan fingerprint density at radius 1 is 1.11 bits per heavy atom. The van der Waals surface area contributed by atoms with Crippen LogP contribution in [-0.4, -0.2) is 36.9 Å². The fourth-order valence-corrected chi connectivity index (χ4v) is 2.27. The number of nitrogens with zero attached hydrogens (tertiary/aromatic N) is 1. The standard InChI is InChI=1S/C20H23N3O5/c1-3-28-16-7-5-15(6-8-16)22-19(25)10-11-20(26)23-21-13-14-4-9-18(27-2)17(24)12-14/h4-9,12-13,24H,3,10-11H2,1-2H3,(H,22,25)(H,23,26)/b21-13+. The van der Waals surface area contributed by atoms with Crippen LogP contribution in [0.2, 0.25) is 0 Å². The van der Waals surface area contributed by atoms with Crippen LogP contribution in [0.1, 0.15) is 25.3 Å². The number of benzene rings is 2. The number of phenols is 1. The first kappa shape index (κ1) is 20.8. The summed E-state index contributed by atoms with van der Waals surface area (Å²) in [5, 5.41) is 16.2. The van der Waals surface area contributed by atoms with Gasteiger partial charge in [-0.25, -0.2) is 5.43 Å². The monoisotopic (exact) mass is 385 g/mol. The summed E-state index contributed by atoms with van der Waals surface area (Å²) in [6, 6.07) is 11.7. The molecule has 0 saturated heterocycles. The Bertz CT molecular complexity index is 834. The molecule has 28 heavy (non-hydrogen) atoms. The molecule has 0 atom stereocenters. The second-order valence-corrected chi connectivity index (χ2v) is 5.73. The minimum atomic E-state index is -0.393. The molecule has 0 aliphatic carbocycles. The van der Waals surface area contributed by atoms with Crippen molar-refractivity contribution >= 4 is 23.7 Å². The van der Waals surface area contributed by atoms with Gasteiger partial charge >= 0.3 is 0 Å². The van der Waals surface area contributed by atoms with Gasteiger partial charge < -0.3 is 19.9 Å². The number of ether oxygens (including phenoxy) is 2. The molecule has 2 rings (SSSR count). The molecule has 0 heterocycles. The van der Waals surface area contributed by atoms with E-state index in [1.807, 2.05) is 6.92 Å². The molecule has 0 radical (unpaired) electrons. The van der Waals surface area contributed by atoms with E-state index in [0.29, 0.717) is 23.6 Å². The number of hydrogen-bond donors (Lipinski definition) is 3. The summed E-state index contributed by atoms with van der Waals surface area (Å²) < 4.78 is 10.3. The van der Waals surface area contributed by atoms with Crippen molar-refractivity contribution in [1.82, 2.24) is 5.43 Å². The molecule has 2 aromatic rings. The second-order valence-electron chi connectivity index (χ2n) is 5.73. The Hall–Kier alpha value is -3.55.